The van der Waals surface area contributed by atoms with Gasteiger partial charge in [0.05, 0.1) is 5.69 Å². The molecule has 0 spiro atoms. The average Bonchev–Trinajstić information content (AvgIpc) is 2.28. The Morgan fingerprint density at radius 1 is 1.20 bits per heavy atom. The maximum absolute atomic E-state index is 12.0. The van der Waals surface area contributed by atoms with Crippen molar-refractivity contribution < 1.29 is 21.6 Å². The maximum Gasteiger partial charge on any atom is 0.389 e. The quantitative estimate of drug-likeness (QED) is 0.648. The van der Waals surface area contributed by atoms with Gasteiger partial charge in [0.1, 0.15) is 4.90 Å². The van der Waals surface area contributed by atoms with Crippen LogP contribution in [0.2, 0.25) is 0 Å². The van der Waals surface area contributed by atoms with Gasteiger partial charge in [-0.25, -0.2) is 13.1 Å². The van der Waals surface area contributed by atoms with Gasteiger partial charge in [0, 0.05) is 13.0 Å². The van der Waals surface area contributed by atoms with Crippen LogP contribution in [0.4, 0.5) is 18.9 Å². The molecule has 3 N–H and O–H groups in total. The van der Waals surface area contributed by atoms with Crippen molar-refractivity contribution in [3.8, 4) is 0 Å². The van der Waals surface area contributed by atoms with Crippen molar-refractivity contribution in [3.63, 3.8) is 0 Å². The number of aryl methyl sites for hydroxylation is 2. The molecular weight excluding hydrogens is 293 g/mol. The summed E-state index contributed by atoms with van der Waals surface area (Å²) >= 11 is 0. The molecule has 114 valence electrons. The Hall–Kier alpha value is -1.28. The maximum atomic E-state index is 12.0. The van der Waals surface area contributed by atoms with Crippen molar-refractivity contribution in [2.24, 2.45) is 0 Å². The van der Waals surface area contributed by atoms with Crippen molar-refractivity contribution in [3.05, 3.63) is 23.3 Å². The van der Waals surface area contributed by atoms with Crippen LogP contribution in [0.25, 0.3) is 0 Å². The molecule has 20 heavy (non-hydrogen) atoms. The molecule has 1 aromatic rings. The lowest BCUT2D eigenvalue weighted by atomic mass is 10.1. The number of alkyl halides is 3. The van der Waals surface area contributed by atoms with E-state index in [0.29, 0.717) is 0 Å². The number of anilines is 1. The smallest absolute Gasteiger partial charge is 0.389 e. The predicted molar refractivity (Wildman–Crippen MR) is 70.8 cm³/mol. The number of halogens is 3. The first-order valence-corrected chi connectivity index (χ1v) is 7.44. The van der Waals surface area contributed by atoms with Gasteiger partial charge in [0.2, 0.25) is 10.0 Å². The molecule has 0 unspecified atom stereocenters. The Morgan fingerprint density at radius 2 is 1.75 bits per heavy atom. The summed E-state index contributed by atoms with van der Waals surface area (Å²) in [6.07, 6.45) is -5.63. The zero-order valence-corrected chi connectivity index (χ0v) is 12.0. The van der Waals surface area contributed by atoms with Gasteiger partial charge >= 0.3 is 6.18 Å². The largest absolute Gasteiger partial charge is 0.398 e. The van der Waals surface area contributed by atoms with Crippen LogP contribution in [0.5, 0.6) is 0 Å². The highest BCUT2D eigenvalue weighted by atomic mass is 32.2. The summed E-state index contributed by atoms with van der Waals surface area (Å²) in [4.78, 5) is -0.104. The van der Waals surface area contributed by atoms with E-state index in [-0.39, 0.29) is 23.5 Å². The van der Waals surface area contributed by atoms with E-state index in [4.69, 9.17) is 5.73 Å². The number of nitrogens with one attached hydrogen (secondary N) is 1. The molecule has 0 aliphatic rings. The van der Waals surface area contributed by atoms with Gasteiger partial charge in [-0.05, 0) is 43.5 Å². The minimum Gasteiger partial charge on any atom is -0.398 e. The van der Waals surface area contributed by atoms with Gasteiger partial charge in [-0.15, -0.1) is 0 Å². The van der Waals surface area contributed by atoms with E-state index in [1.807, 2.05) is 0 Å². The van der Waals surface area contributed by atoms with E-state index in [9.17, 15) is 21.6 Å². The lowest BCUT2D eigenvalue weighted by Gasteiger charge is -2.12. The van der Waals surface area contributed by atoms with Gasteiger partial charge in [-0.2, -0.15) is 13.2 Å². The van der Waals surface area contributed by atoms with Crippen LogP contribution >= 0.6 is 0 Å². The van der Waals surface area contributed by atoms with Gasteiger partial charge in [0.15, 0.2) is 0 Å². The summed E-state index contributed by atoms with van der Waals surface area (Å²) in [6, 6.07) is 2.94. The molecule has 1 rings (SSSR count). The Kier molecular flexibility index (Phi) is 5.04. The monoisotopic (exact) mass is 310 g/mol. The summed E-state index contributed by atoms with van der Waals surface area (Å²) in [5.74, 6) is 0. The molecule has 4 nitrogen and oxygen atoms in total. The fourth-order valence-corrected chi connectivity index (χ4v) is 2.89. The Bertz CT molecular complexity index is 583. The average molecular weight is 310 g/mol. The molecule has 0 heterocycles. The highest BCUT2D eigenvalue weighted by Gasteiger charge is 2.26. The van der Waals surface area contributed by atoms with Crippen molar-refractivity contribution in [1.82, 2.24) is 4.72 Å². The van der Waals surface area contributed by atoms with E-state index in [1.165, 1.54) is 12.1 Å². The molecule has 0 fully saturated rings. The Morgan fingerprint density at radius 3 is 2.30 bits per heavy atom. The molecule has 8 heteroatoms. The zero-order chi connectivity index (χ0) is 15.6. The third-order valence-electron chi connectivity index (χ3n) is 2.84. The lowest BCUT2D eigenvalue weighted by Crippen LogP contribution is -2.26. The molecule has 0 amide bonds. The second-order valence-corrected chi connectivity index (χ2v) is 6.33. The second-order valence-electron chi connectivity index (χ2n) is 4.59. The summed E-state index contributed by atoms with van der Waals surface area (Å²) < 4.78 is 62.0. The van der Waals surface area contributed by atoms with Crippen molar-refractivity contribution in [2.75, 3.05) is 12.3 Å². The van der Waals surface area contributed by atoms with Gasteiger partial charge in [-0.1, -0.05) is 0 Å². The van der Waals surface area contributed by atoms with Crippen LogP contribution in [-0.4, -0.2) is 21.1 Å². The third-order valence-corrected chi connectivity index (χ3v) is 4.36. The zero-order valence-electron chi connectivity index (χ0n) is 11.2. The Labute approximate surface area is 116 Å². The highest BCUT2D eigenvalue weighted by molar-refractivity contribution is 7.89. The molecule has 1 aromatic carbocycles. The van der Waals surface area contributed by atoms with Crippen molar-refractivity contribution in [2.45, 2.75) is 37.8 Å². The molecule has 0 aromatic heterocycles. The van der Waals surface area contributed by atoms with E-state index in [2.05, 4.69) is 4.72 Å². The van der Waals surface area contributed by atoms with E-state index < -0.39 is 22.6 Å². The van der Waals surface area contributed by atoms with E-state index in [1.54, 1.807) is 13.8 Å². The van der Waals surface area contributed by atoms with Crippen LogP contribution in [-0.2, 0) is 10.0 Å². The Balaban J connectivity index is 2.77. The fourth-order valence-electron chi connectivity index (χ4n) is 1.62. The lowest BCUT2D eigenvalue weighted by molar-refractivity contribution is -0.135. The minimum atomic E-state index is -4.29. The topological polar surface area (TPSA) is 72.2 Å². The number of nitrogens with two attached hydrogens (primary N) is 1. The molecule has 0 aliphatic carbocycles. The molecule has 0 atom stereocenters. The summed E-state index contributed by atoms with van der Waals surface area (Å²) in [5, 5.41) is 0. The number of benzene rings is 1. The number of hydrogen-bond donors (Lipinski definition) is 2. The molecule has 0 saturated heterocycles. The fraction of sp³-hybridized carbons (Fsp3) is 0.500. The van der Waals surface area contributed by atoms with Crippen LogP contribution in [0.3, 0.4) is 0 Å². The standard InChI is InChI=1S/C12H17F3N2O2S/c1-8-6-10(16)11(7-9(8)2)20(18,19)17-5-3-4-12(13,14)15/h6-7,17H,3-5,16H2,1-2H3. The van der Waals surface area contributed by atoms with Crippen LogP contribution in [0, 0.1) is 13.8 Å². The van der Waals surface area contributed by atoms with Crippen molar-refractivity contribution in [1.29, 1.82) is 0 Å². The molecule has 0 saturated carbocycles. The molecular formula is C12H17F3N2O2S. The number of hydrogen-bond acceptors (Lipinski definition) is 3. The van der Waals surface area contributed by atoms with Crippen LogP contribution < -0.4 is 10.5 Å². The highest BCUT2D eigenvalue weighted by Crippen LogP contribution is 2.23. The molecule has 0 radical (unpaired) electrons. The first-order chi connectivity index (χ1) is 9.03. The van der Waals surface area contributed by atoms with Crippen molar-refractivity contribution >= 4 is 15.7 Å². The predicted octanol–water partition coefficient (Wildman–Crippen LogP) is 2.51. The van der Waals surface area contributed by atoms with Gasteiger partial charge in [-0.3, -0.25) is 0 Å². The number of rotatable bonds is 5. The summed E-state index contributed by atoms with van der Waals surface area (Å²) in [6.45, 7) is 3.24. The number of sulfonamides is 1. The third kappa shape index (κ3) is 4.68. The minimum absolute atomic E-state index is 0.0800. The van der Waals surface area contributed by atoms with E-state index >= 15 is 0 Å². The SMILES string of the molecule is Cc1cc(N)c(S(=O)(=O)NCCCC(F)(F)F)cc1C. The summed E-state index contributed by atoms with van der Waals surface area (Å²) in [7, 11) is -3.89. The van der Waals surface area contributed by atoms with Crippen LogP contribution in [0.1, 0.15) is 24.0 Å². The van der Waals surface area contributed by atoms with Gasteiger partial charge in [0.25, 0.3) is 0 Å². The van der Waals surface area contributed by atoms with Crippen LogP contribution in [0.15, 0.2) is 17.0 Å². The first-order valence-electron chi connectivity index (χ1n) is 5.96. The number of nitrogen functional groups attached to an aromatic ring is 1. The van der Waals surface area contributed by atoms with E-state index in [0.717, 1.165) is 11.1 Å². The first kappa shape index (κ1) is 16.8. The normalized spacial score (nSPS) is 12.7. The molecule has 0 aliphatic heterocycles. The molecule has 0 bridgehead atoms. The second kappa shape index (κ2) is 6.01. The van der Waals surface area contributed by atoms with Gasteiger partial charge < -0.3 is 5.73 Å². The summed E-state index contributed by atoms with van der Waals surface area (Å²) in [5.41, 5.74) is 7.32.